The lowest BCUT2D eigenvalue weighted by atomic mass is 10.0. The molecule has 0 saturated carbocycles. The topological polar surface area (TPSA) is 46.5 Å². The second kappa shape index (κ2) is 3.93. The highest BCUT2D eigenvalue weighted by Crippen LogP contribution is 1.95. The van der Waals surface area contributed by atoms with E-state index in [1.54, 1.807) is 7.05 Å². The fraction of sp³-hybridized carbons (Fsp3) is 0.571. The maximum absolute atomic E-state index is 10.7. The van der Waals surface area contributed by atoms with Crippen molar-refractivity contribution in [2.75, 3.05) is 7.05 Å². The van der Waals surface area contributed by atoms with E-state index in [4.69, 9.17) is 0 Å². The van der Waals surface area contributed by atoms with Crippen molar-refractivity contribution in [1.82, 2.24) is 0 Å². The van der Waals surface area contributed by atoms with Crippen LogP contribution < -0.4 is 0 Å². The van der Waals surface area contributed by atoms with Crippen molar-refractivity contribution in [3.05, 3.63) is 0 Å². The molecule has 0 unspecified atom stereocenters. The largest absolute Gasteiger partial charge is 0.300 e. The Morgan fingerprint density at radius 1 is 1.30 bits per heavy atom. The van der Waals surface area contributed by atoms with Crippen molar-refractivity contribution < 1.29 is 9.59 Å². The Morgan fingerprint density at radius 2 is 1.70 bits per heavy atom. The van der Waals surface area contributed by atoms with Crippen molar-refractivity contribution in [2.45, 2.75) is 13.8 Å². The molecule has 0 aromatic rings. The van der Waals surface area contributed by atoms with Crippen LogP contribution >= 0.6 is 0 Å². The van der Waals surface area contributed by atoms with Crippen molar-refractivity contribution in [3.8, 4) is 0 Å². The Balaban J connectivity index is 4.27. The van der Waals surface area contributed by atoms with Gasteiger partial charge in [0.05, 0.1) is 0 Å². The van der Waals surface area contributed by atoms with Gasteiger partial charge in [-0.05, 0) is 13.8 Å². The number of Topliss-reactive ketones (excluding diaryl/α,β-unsaturated/α-hetero) is 2. The van der Waals surface area contributed by atoms with E-state index in [0.717, 1.165) is 0 Å². The zero-order valence-corrected chi connectivity index (χ0v) is 6.42. The van der Waals surface area contributed by atoms with E-state index >= 15 is 0 Å². The Morgan fingerprint density at radius 3 is 1.80 bits per heavy atom. The number of carbonyl (C=O) groups excluding carboxylic acids is 2. The summed E-state index contributed by atoms with van der Waals surface area (Å²) in [4.78, 5) is 24.9. The van der Waals surface area contributed by atoms with Crippen LogP contribution in [0, 0.1) is 5.92 Å². The van der Waals surface area contributed by atoms with Gasteiger partial charge in [0, 0.05) is 13.3 Å². The molecule has 0 aliphatic carbocycles. The maximum atomic E-state index is 10.7. The van der Waals surface area contributed by atoms with E-state index in [1.807, 2.05) is 0 Å². The zero-order chi connectivity index (χ0) is 8.15. The summed E-state index contributed by atoms with van der Waals surface area (Å²) >= 11 is 0. The molecule has 0 N–H and O–H groups in total. The fourth-order valence-electron chi connectivity index (χ4n) is 0.645. The second-order valence-electron chi connectivity index (χ2n) is 2.11. The summed E-state index contributed by atoms with van der Waals surface area (Å²) < 4.78 is 0. The minimum Gasteiger partial charge on any atom is -0.300 e. The predicted octanol–water partition coefficient (Wildman–Crippen LogP) is 0.481. The standard InChI is InChI=1S/C7H11NO2/c1-5(9)7(4-8-3)6(2)10/h4,7H,1-3H3. The number of nitrogens with zero attached hydrogens (tertiary/aromatic N) is 1. The maximum Gasteiger partial charge on any atom is 0.145 e. The molecule has 0 amide bonds. The Kier molecular flexibility index (Phi) is 3.54. The van der Waals surface area contributed by atoms with Gasteiger partial charge < -0.3 is 0 Å². The highest BCUT2D eigenvalue weighted by atomic mass is 16.1. The molecule has 0 atom stereocenters. The smallest absolute Gasteiger partial charge is 0.145 e. The predicted molar refractivity (Wildman–Crippen MR) is 39.3 cm³/mol. The Hall–Kier alpha value is -0.990. The van der Waals surface area contributed by atoms with Gasteiger partial charge in [-0.15, -0.1) is 0 Å². The molecule has 0 aromatic heterocycles. The second-order valence-corrected chi connectivity index (χ2v) is 2.11. The third-order valence-electron chi connectivity index (χ3n) is 1.17. The van der Waals surface area contributed by atoms with Gasteiger partial charge in [-0.3, -0.25) is 14.6 Å². The number of aliphatic imine (C=N–C) groups is 1. The van der Waals surface area contributed by atoms with Crippen LogP contribution in [0.2, 0.25) is 0 Å². The molecule has 0 aliphatic heterocycles. The first-order chi connectivity index (χ1) is 4.59. The third-order valence-corrected chi connectivity index (χ3v) is 1.17. The van der Waals surface area contributed by atoms with E-state index in [-0.39, 0.29) is 11.6 Å². The molecule has 0 aromatic carbocycles. The van der Waals surface area contributed by atoms with Gasteiger partial charge in [-0.1, -0.05) is 0 Å². The van der Waals surface area contributed by atoms with Crippen molar-refractivity contribution in [2.24, 2.45) is 10.9 Å². The average molecular weight is 141 g/mol. The lowest BCUT2D eigenvalue weighted by Crippen LogP contribution is -2.20. The lowest BCUT2D eigenvalue weighted by Gasteiger charge is -2.00. The molecule has 3 nitrogen and oxygen atoms in total. The first kappa shape index (κ1) is 9.01. The molecule has 10 heavy (non-hydrogen) atoms. The number of ketones is 2. The van der Waals surface area contributed by atoms with Gasteiger partial charge in [0.2, 0.25) is 0 Å². The van der Waals surface area contributed by atoms with Crippen molar-refractivity contribution >= 4 is 17.8 Å². The van der Waals surface area contributed by atoms with E-state index in [2.05, 4.69) is 4.99 Å². The van der Waals surface area contributed by atoms with Gasteiger partial charge in [-0.25, -0.2) is 0 Å². The van der Waals surface area contributed by atoms with Crippen LogP contribution in [0.1, 0.15) is 13.8 Å². The highest BCUT2D eigenvalue weighted by Gasteiger charge is 2.15. The molecule has 0 bridgehead atoms. The highest BCUT2D eigenvalue weighted by molar-refractivity contribution is 6.12. The van der Waals surface area contributed by atoms with E-state index in [1.165, 1.54) is 20.1 Å². The van der Waals surface area contributed by atoms with Crippen LogP contribution in [0.25, 0.3) is 0 Å². The summed E-state index contributed by atoms with van der Waals surface area (Å²) in [7, 11) is 1.54. The minimum absolute atomic E-state index is 0.155. The summed E-state index contributed by atoms with van der Waals surface area (Å²) in [6.07, 6.45) is 1.37. The Labute approximate surface area is 60.1 Å². The number of hydrogen-bond acceptors (Lipinski definition) is 3. The quantitative estimate of drug-likeness (QED) is 0.424. The number of carbonyl (C=O) groups is 2. The van der Waals surface area contributed by atoms with Crippen molar-refractivity contribution in [3.63, 3.8) is 0 Å². The molecule has 0 aliphatic rings. The number of hydrogen-bond donors (Lipinski definition) is 0. The SMILES string of the molecule is CN=CC(C(C)=O)C(C)=O. The van der Waals surface area contributed by atoms with E-state index in [9.17, 15) is 9.59 Å². The summed E-state index contributed by atoms with van der Waals surface area (Å²) in [5.74, 6) is -0.943. The third kappa shape index (κ3) is 2.53. The summed E-state index contributed by atoms with van der Waals surface area (Å²) in [5.41, 5.74) is 0. The summed E-state index contributed by atoms with van der Waals surface area (Å²) in [6, 6.07) is 0. The minimum atomic E-state index is -0.634. The molecule has 0 heterocycles. The first-order valence-electron chi connectivity index (χ1n) is 3.02. The van der Waals surface area contributed by atoms with Gasteiger partial charge in [0.1, 0.15) is 17.5 Å². The van der Waals surface area contributed by atoms with Crippen molar-refractivity contribution in [1.29, 1.82) is 0 Å². The molecule has 0 saturated heterocycles. The molecule has 0 spiro atoms. The first-order valence-corrected chi connectivity index (χ1v) is 3.02. The molecule has 56 valence electrons. The van der Waals surface area contributed by atoms with Gasteiger partial charge in [0.25, 0.3) is 0 Å². The normalized spacial score (nSPS) is 10.8. The molecular formula is C7H11NO2. The van der Waals surface area contributed by atoms with Crippen LogP contribution in [-0.4, -0.2) is 24.8 Å². The molecule has 0 fully saturated rings. The molecule has 3 heteroatoms. The average Bonchev–Trinajstić information content (AvgIpc) is 1.81. The number of rotatable bonds is 3. The zero-order valence-electron chi connectivity index (χ0n) is 6.42. The van der Waals surface area contributed by atoms with E-state index < -0.39 is 5.92 Å². The molecular weight excluding hydrogens is 130 g/mol. The fourth-order valence-corrected chi connectivity index (χ4v) is 0.645. The monoisotopic (exact) mass is 141 g/mol. The van der Waals surface area contributed by atoms with Gasteiger partial charge in [0.15, 0.2) is 0 Å². The van der Waals surface area contributed by atoms with E-state index in [0.29, 0.717) is 0 Å². The summed E-state index contributed by atoms with van der Waals surface area (Å²) in [5, 5.41) is 0. The van der Waals surface area contributed by atoms with Crippen LogP contribution in [-0.2, 0) is 9.59 Å². The lowest BCUT2D eigenvalue weighted by molar-refractivity contribution is -0.127. The summed E-state index contributed by atoms with van der Waals surface area (Å²) in [6.45, 7) is 2.77. The van der Waals surface area contributed by atoms with Gasteiger partial charge >= 0.3 is 0 Å². The Bertz CT molecular complexity index is 158. The molecule has 0 radical (unpaired) electrons. The van der Waals surface area contributed by atoms with Crippen LogP contribution in [0.15, 0.2) is 4.99 Å². The van der Waals surface area contributed by atoms with Crippen LogP contribution in [0.3, 0.4) is 0 Å². The van der Waals surface area contributed by atoms with Crippen LogP contribution in [0.5, 0.6) is 0 Å². The van der Waals surface area contributed by atoms with Crippen LogP contribution in [0.4, 0.5) is 0 Å². The van der Waals surface area contributed by atoms with Gasteiger partial charge in [-0.2, -0.15) is 0 Å². The molecule has 0 rings (SSSR count).